The van der Waals surface area contributed by atoms with E-state index in [1.54, 1.807) is 18.3 Å². The maximum Gasteiger partial charge on any atom is 0.190 e. The normalized spacial score (nSPS) is 10.5. The van der Waals surface area contributed by atoms with Gasteiger partial charge in [0.15, 0.2) is 11.6 Å². The number of hydrogen-bond donors (Lipinski definition) is 1. The Hall–Kier alpha value is -1.58. The number of nitrogens with one attached hydrogen (secondary N) is 1. The van der Waals surface area contributed by atoms with Crippen LogP contribution in [0.1, 0.15) is 0 Å². The molecular weight excluding hydrogens is 159 g/mol. The molecule has 1 aromatic carbocycles. The van der Waals surface area contributed by atoms with Gasteiger partial charge in [-0.05, 0) is 12.1 Å². The Bertz CT molecular complexity index is 410. The Labute approximate surface area is 68.2 Å². The number of methoxy groups -OCH3 is 1. The van der Waals surface area contributed by atoms with Gasteiger partial charge < -0.3 is 4.74 Å². The molecule has 0 atom stereocenters. The SMILES string of the molecule is COc1ccc2cn[nH]c2c1F. The van der Waals surface area contributed by atoms with Crippen molar-refractivity contribution in [3.63, 3.8) is 0 Å². The highest BCUT2D eigenvalue weighted by Crippen LogP contribution is 2.23. The summed E-state index contributed by atoms with van der Waals surface area (Å²) in [6.45, 7) is 0. The van der Waals surface area contributed by atoms with Gasteiger partial charge in [0.05, 0.1) is 13.3 Å². The molecule has 2 aromatic rings. The van der Waals surface area contributed by atoms with Crippen LogP contribution in [0.5, 0.6) is 5.75 Å². The van der Waals surface area contributed by atoms with Crippen LogP contribution in [0.2, 0.25) is 0 Å². The van der Waals surface area contributed by atoms with Gasteiger partial charge in [0.25, 0.3) is 0 Å². The Morgan fingerprint density at radius 2 is 2.33 bits per heavy atom. The minimum Gasteiger partial charge on any atom is -0.494 e. The van der Waals surface area contributed by atoms with Gasteiger partial charge in [-0.25, -0.2) is 4.39 Å². The van der Waals surface area contributed by atoms with Gasteiger partial charge in [-0.3, -0.25) is 5.10 Å². The second-order valence-corrected chi connectivity index (χ2v) is 2.42. The molecule has 1 aromatic heterocycles. The van der Waals surface area contributed by atoms with E-state index in [1.807, 2.05) is 0 Å². The van der Waals surface area contributed by atoms with E-state index in [9.17, 15) is 4.39 Å². The van der Waals surface area contributed by atoms with Crippen LogP contribution in [-0.4, -0.2) is 17.3 Å². The molecule has 0 aliphatic heterocycles. The van der Waals surface area contributed by atoms with Crippen molar-refractivity contribution >= 4 is 10.9 Å². The van der Waals surface area contributed by atoms with Crippen molar-refractivity contribution in [2.24, 2.45) is 0 Å². The molecule has 0 fully saturated rings. The lowest BCUT2D eigenvalue weighted by atomic mass is 10.2. The van der Waals surface area contributed by atoms with E-state index < -0.39 is 5.82 Å². The summed E-state index contributed by atoms with van der Waals surface area (Å²) in [4.78, 5) is 0. The third-order valence-corrected chi connectivity index (χ3v) is 1.74. The van der Waals surface area contributed by atoms with Gasteiger partial charge in [0.1, 0.15) is 5.52 Å². The van der Waals surface area contributed by atoms with E-state index in [4.69, 9.17) is 4.74 Å². The Kier molecular flexibility index (Phi) is 1.46. The van der Waals surface area contributed by atoms with Crippen molar-refractivity contribution in [1.82, 2.24) is 10.2 Å². The fraction of sp³-hybridized carbons (Fsp3) is 0.125. The van der Waals surface area contributed by atoms with Crippen LogP contribution >= 0.6 is 0 Å². The molecule has 0 saturated heterocycles. The van der Waals surface area contributed by atoms with Crippen LogP contribution in [0.3, 0.4) is 0 Å². The molecule has 1 heterocycles. The quantitative estimate of drug-likeness (QED) is 0.700. The molecule has 3 nitrogen and oxygen atoms in total. The van der Waals surface area contributed by atoms with Crippen LogP contribution in [0.15, 0.2) is 18.3 Å². The number of nitrogens with zero attached hydrogens (tertiary/aromatic N) is 1. The summed E-state index contributed by atoms with van der Waals surface area (Å²) in [6.07, 6.45) is 1.57. The van der Waals surface area contributed by atoms with Gasteiger partial charge in [-0.1, -0.05) is 0 Å². The minimum atomic E-state index is -0.396. The monoisotopic (exact) mass is 166 g/mol. The molecule has 0 amide bonds. The van der Waals surface area contributed by atoms with E-state index >= 15 is 0 Å². The maximum absolute atomic E-state index is 13.3. The maximum atomic E-state index is 13.3. The van der Waals surface area contributed by atoms with Crippen molar-refractivity contribution < 1.29 is 9.13 Å². The first-order valence-corrected chi connectivity index (χ1v) is 3.48. The predicted molar refractivity (Wildman–Crippen MR) is 42.6 cm³/mol. The van der Waals surface area contributed by atoms with Crippen molar-refractivity contribution in [2.75, 3.05) is 7.11 Å². The third-order valence-electron chi connectivity index (χ3n) is 1.74. The lowest BCUT2D eigenvalue weighted by molar-refractivity contribution is 0.388. The summed E-state index contributed by atoms with van der Waals surface area (Å²) in [5.74, 6) is -0.167. The molecule has 12 heavy (non-hydrogen) atoms. The van der Waals surface area contributed by atoms with Crippen molar-refractivity contribution in [2.45, 2.75) is 0 Å². The Morgan fingerprint density at radius 3 is 3.08 bits per heavy atom. The zero-order valence-corrected chi connectivity index (χ0v) is 6.47. The number of aromatic amines is 1. The Balaban J connectivity index is 2.78. The third kappa shape index (κ3) is 0.845. The van der Waals surface area contributed by atoms with Gasteiger partial charge in [0.2, 0.25) is 0 Å². The second kappa shape index (κ2) is 2.48. The molecular formula is C8H7FN2O. The van der Waals surface area contributed by atoms with Crippen LogP contribution in [0, 0.1) is 5.82 Å². The van der Waals surface area contributed by atoms with Crippen molar-refractivity contribution in [3.8, 4) is 5.75 Å². The number of H-pyrrole nitrogens is 1. The first-order chi connectivity index (χ1) is 5.83. The largest absolute Gasteiger partial charge is 0.494 e. The van der Waals surface area contributed by atoms with Crippen LogP contribution < -0.4 is 4.74 Å². The van der Waals surface area contributed by atoms with Crippen LogP contribution in [0.25, 0.3) is 10.9 Å². The Morgan fingerprint density at radius 1 is 1.50 bits per heavy atom. The zero-order chi connectivity index (χ0) is 8.55. The van der Waals surface area contributed by atoms with Gasteiger partial charge in [0, 0.05) is 5.39 Å². The standard InChI is InChI=1S/C8H7FN2O/c1-12-6-3-2-5-4-10-11-8(5)7(6)9/h2-4H,1H3,(H,10,11). The second-order valence-electron chi connectivity index (χ2n) is 2.42. The number of hydrogen-bond acceptors (Lipinski definition) is 2. The van der Waals surface area contributed by atoms with E-state index in [1.165, 1.54) is 7.11 Å². The fourth-order valence-corrected chi connectivity index (χ4v) is 1.12. The number of halogens is 1. The number of ether oxygens (including phenoxy) is 1. The first-order valence-electron chi connectivity index (χ1n) is 3.48. The first kappa shape index (κ1) is 7.09. The molecule has 1 N–H and O–H groups in total. The molecule has 4 heteroatoms. The molecule has 0 spiro atoms. The van der Waals surface area contributed by atoms with Gasteiger partial charge in [-0.15, -0.1) is 0 Å². The molecule has 62 valence electrons. The fourth-order valence-electron chi connectivity index (χ4n) is 1.12. The van der Waals surface area contributed by atoms with E-state index in [2.05, 4.69) is 10.2 Å². The van der Waals surface area contributed by atoms with Crippen LogP contribution in [0.4, 0.5) is 4.39 Å². The minimum absolute atomic E-state index is 0.228. The molecule has 2 rings (SSSR count). The summed E-state index contributed by atoms with van der Waals surface area (Å²) in [5.41, 5.74) is 0.384. The summed E-state index contributed by atoms with van der Waals surface area (Å²) in [6, 6.07) is 3.33. The molecule has 0 saturated carbocycles. The van der Waals surface area contributed by atoms with E-state index in [-0.39, 0.29) is 5.75 Å². The predicted octanol–water partition coefficient (Wildman–Crippen LogP) is 1.71. The van der Waals surface area contributed by atoms with Crippen molar-refractivity contribution in [3.05, 3.63) is 24.1 Å². The summed E-state index contributed by atoms with van der Waals surface area (Å²) in [7, 11) is 1.43. The summed E-state index contributed by atoms with van der Waals surface area (Å²) >= 11 is 0. The van der Waals surface area contributed by atoms with Gasteiger partial charge >= 0.3 is 0 Å². The highest BCUT2D eigenvalue weighted by Gasteiger charge is 2.07. The topological polar surface area (TPSA) is 37.9 Å². The average Bonchev–Trinajstić information content (AvgIpc) is 2.53. The molecule has 0 bridgehead atoms. The summed E-state index contributed by atoms with van der Waals surface area (Å²) in [5, 5.41) is 7.02. The highest BCUT2D eigenvalue weighted by molar-refractivity contribution is 5.80. The van der Waals surface area contributed by atoms with E-state index in [0.717, 1.165) is 5.39 Å². The molecule has 0 unspecified atom stereocenters. The average molecular weight is 166 g/mol. The highest BCUT2D eigenvalue weighted by atomic mass is 19.1. The van der Waals surface area contributed by atoms with Gasteiger partial charge in [-0.2, -0.15) is 5.10 Å². The zero-order valence-electron chi connectivity index (χ0n) is 6.47. The number of benzene rings is 1. The van der Waals surface area contributed by atoms with Crippen molar-refractivity contribution in [1.29, 1.82) is 0 Å². The summed E-state index contributed by atoms with van der Waals surface area (Å²) < 4.78 is 18.1. The molecule has 0 aliphatic carbocycles. The number of fused-ring (bicyclic) bond motifs is 1. The molecule has 0 aliphatic rings. The van der Waals surface area contributed by atoms with Crippen LogP contribution in [-0.2, 0) is 0 Å². The lowest BCUT2D eigenvalue weighted by Crippen LogP contribution is -1.88. The smallest absolute Gasteiger partial charge is 0.190 e. The lowest BCUT2D eigenvalue weighted by Gasteiger charge is -2.00. The van der Waals surface area contributed by atoms with E-state index in [0.29, 0.717) is 5.52 Å². The molecule has 0 radical (unpaired) electrons. The number of rotatable bonds is 1. The number of aromatic nitrogens is 2.